The molecule has 2 aromatic carbocycles. The van der Waals surface area contributed by atoms with Crippen LogP contribution < -0.4 is 0 Å². The fraction of sp³-hybridized carbons (Fsp3) is 0.222. The molecule has 0 aliphatic heterocycles. The summed E-state index contributed by atoms with van der Waals surface area (Å²) in [6.45, 7) is 1.06. The Bertz CT molecular complexity index is 773. The van der Waals surface area contributed by atoms with Crippen molar-refractivity contribution < 1.29 is 27.8 Å². The molecule has 24 heavy (non-hydrogen) atoms. The minimum atomic E-state index is -5.10. The van der Waals surface area contributed by atoms with Gasteiger partial charge in [0.15, 0.2) is 5.60 Å². The van der Waals surface area contributed by atoms with Crippen molar-refractivity contribution >= 4 is 0 Å². The van der Waals surface area contributed by atoms with Gasteiger partial charge in [0, 0.05) is 11.1 Å². The van der Waals surface area contributed by atoms with Gasteiger partial charge in [0.1, 0.15) is 5.82 Å². The zero-order valence-corrected chi connectivity index (χ0v) is 12.6. The summed E-state index contributed by atoms with van der Waals surface area (Å²) in [7, 11) is 0. The largest absolute Gasteiger partial charge is 0.433 e. The third-order valence-corrected chi connectivity index (χ3v) is 3.49. The zero-order chi connectivity index (χ0) is 18.0. The number of hydrogen-bond acceptors (Lipinski definition) is 2. The minimum Gasteiger partial charge on any atom is -0.374 e. The molecule has 0 aromatic heterocycles. The highest BCUT2D eigenvalue weighted by Gasteiger charge is 2.54. The summed E-state index contributed by atoms with van der Waals surface area (Å²) in [5, 5.41) is 20.3. The highest BCUT2D eigenvalue weighted by atomic mass is 19.4. The van der Waals surface area contributed by atoms with Crippen LogP contribution in [-0.4, -0.2) is 16.4 Å². The predicted octanol–water partition coefficient (Wildman–Crippen LogP) is 3.49. The SMILES string of the molecule is C[C@](O)(C#C[C@](O)(c1ccccc1)C(F)(F)F)c1ccccc1F. The summed E-state index contributed by atoms with van der Waals surface area (Å²) < 4.78 is 53.8. The summed E-state index contributed by atoms with van der Waals surface area (Å²) in [5.41, 5.74) is -6.47. The van der Waals surface area contributed by atoms with Gasteiger partial charge in [0.25, 0.3) is 0 Å². The maximum Gasteiger partial charge on any atom is 0.433 e. The monoisotopic (exact) mass is 338 g/mol. The van der Waals surface area contributed by atoms with Crippen molar-refractivity contribution in [3.8, 4) is 11.8 Å². The molecule has 2 atom stereocenters. The van der Waals surface area contributed by atoms with E-state index in [0.717, 1.165) is 25.1 Å². The second-order valence-corrected chi connectivity index (χ2v) is 5.38. The fourth-order valence-electron chi connectivity index (χ4n) is 2.12. The number of benzene rings is 2. The minimum absolute atomic E-state index is 0.282. The van der Waals surface area contributed by atoms with E-state index in [1.165, 1.54) is 36.4 Å². The first kappa shape index (κ1) is 18.0. The lowest BCUT2D eigenvalue weighted by Gasteiger charge is -2.26. The molecule has 2 aromatic rings. The molecule has 126 valence electrons. The Labute approximate surface area is 136 Å². The molecule has 0 saturated carbocycles. The van der Waals surface area contributed by atoms with Crippen LogP contribution in [0.4, 0.5) is 17.6 Å². The van der Waals surface area contributed by atoms with E-state index in [-0.39, 0.29) is 5.56 Å². The first-order valence-electron chi connectivity index (χ1n) is 6.94. The summed E-state index contributed by atoms with van der Waals surface area (Å²) in [5.74, 6) is 2.83. The average Bonchev–Trinajstić information content (AvgIpc) is 2.52. The lowest BCUT2D eigenvalue weighted by molar-refractivity contribution is -0.240. The molecule has 0 radical (unpaired) electrons. The molecule has 0 bridgehead atoms. The summed E-state index contributed by atoms with van der Waals surface area (Å²) in [6.07, 6.45) is -5.10. The highest BCUT2D eigenvalue weighted by Crippen LogP contribution is 2.38. The maximum absolute atomic E-state index is 13.7. The fourth-order valence-corrected chi connectivity index (χ4v) is 2.12. The number of hydrogen-bond donors (Lipinski definition) is 2. The van der Waals surface area contributed by atoms with Gasteiger partial charge in [-0.3, -0.25) is 0 Å². The lowest BCUT2D eigenvalue weighted by atomic mass is 9.90. The van der Waals surface area contributed by atoms with E-state index in [1.807, 2.05) is 5.92 Å². The Morgan fingerprint density at radius 3 is 1.92 bits per heavy atom. The summed E-state index contributed by atoms with van der Waals surface area (Å²) >= 11 is 0. The van der Waals surface area contributed by atoms with Gasteiger partial charge in [-0.2, -0.15) is 13.2 Å². The van der Waals surface area contributed by atoms with Crippen LogP contribution in [0.2, 0.25) is 0 Å². The van der Waals surface area contributed by atoms with E-state index >= 15 is 0 Å². The van der Waals surface area contributed by atoms with Crippen molar-refractivity contribution in [1.82, 2.24) is 0 Å². The van der Waals surface area contributed by atoms with E-state index < -0.39 is 28.8 Å². The van der Waals surface area contributed by atoms with E-state index in [1.54, 1.807) is 5.92 Å². The number of aliphatic hydroxyl groups is 2. The quantitative estimate of drug-likeness (QED) is 0.650. The Morgan fingerprint density at radius 1 is 0.833 bits per heavy atom. The van der Waals surface area contributed by atoms with Crippen molar-refractivity contribution in [2.45, 2.75) is 24.3 Å². The van der Waals surface area contributed by atoms with E-state index in [0.29, 0.717) is 0 Å². The number of alkyl halides is 3. The van der Waals surface area contributed by atoms with Gasteiger partial charge in [-0.25, -0.2) is 4.39 Å². The van der Waals surface area contributed by atoms with Gasteiger partial charge in [0.2, 0.25) is 5.60 Å². The lowest BCUT2D eigenvalue weighted by Crippen LogP contribution is -2.41. The Morgan fingerprint density at radius 2 is 1.38 bits per heavy atom. The summed E-state index contributed by atoms with van der Waals surface area (Å²) in [6, 6.07) is 11.3. The normalized spacial score (nSPS) is 16.5. The van der Waals surface area contributed by atoms with Crippen molar-refractivity contribution in [1.29, 1.82) is 0 Å². The van der Waals surface area contributed by atoms with Crippen LogP contribution in [0.3, 0.4) is 0 Å². The second kappa shape index (κ2) is 6.27. The molecule has 2 N–H and O–H groups in total. The van der Waals surface area contributed by atoms with Gasteiger partial charge >= 0.3 is 6.18 Å². The first-order chi connectivity index (χ1) is 11.1. The van der Waals surface area contributed by atoms with Gasteiger partial charge in [-0.1, -0.05) is 60.4 Å². The van der Waals surface area contributed by atoms with Crippen LogP contribution >= 0.6 is 0 Å². The van der Waals surface area contributed by atoms with E-state index in [4.69, 9.17) is 0 Å². The molecule has 0 spiro atoms. The summed E-state index contributed by atoms with van der Waals surface area (Å²) in [4.78, 5) is 0. The van der Waals surface area contributed by atoms with Crippen LogP contribution in [0.25, 0.3) is 0 Å². The molecule has 0 heterocycles. The molecule has 0 saturated heterocycles. The van der Waals surface area contributed by atoms with Crippen molar-refractivity contribution in [2.24, 2.45) is 0 Å². The second-order valence-electron chi connectivity index (χ2n) is 5.38. The predicted molar refractivity (Wildman–Crippen MR) is 80.1 cm³/mol. The van der Waals surface area contributed by atoms with Gasteiger partial charge in [-0.05, 0) is 13.0 Å². The Balaban J connectivity index is 2.54. The van der Waals surface area contributed by atoms with Crippen molar-refractivity contribution in [3.63, 3.8) is 0 Å². The highest BCUT2D eigenvalue weighted by molar-refractivity contribution is 5.38. The molecule has 0 amide bonds. The standard InChI is InChI=1S/C18H14F4O2/c1-16(23,14-9-5-6-10-15(14)19)11-12-17(24,18(20,21)22)13-7-3-2-4-8-13/h2-10,23-24H,1H3/t16-,17-/m0/s1. The Kier molecular flexibility index (Phi) is 4.70. The van der Waals surface area contributed by atoms with E-state index in [9.17, 15) is 27.8 Å². The van der Waals surface area contributed by atoms with Crippen molar-refractivity contribution in [2.75, 3.05) is 0 Å². The molecule has 2 rings (SSSR count). The third kappa shape index (κ3) is 3.42. The van der Waals surface area contributed by atoms with Crippen molar-refractivity contribution in [3.05, 3.63) is 71.5 Å². The van der Waals surface area contributed by atoms with Gasteiger partial charge in [0.05, 0.1) is 0 Å². The molecular formula is C18H14F4O2. The number of rotatable bonds is 2. The average molecular weight is 338 g/mol. The molecular weight excluding hydrogens is 324 g/mol. The first-order valence-corrected chi connectivity index (χ1v) is 6.94. The van der Waals surface area contributed by atoms with E-state index in [2.05, 4.69) is 0 Å². The molecule has 2 nitrogen and oxygen atoms in total. The van der Waals surface area contributed by atoms with Crippen LogP contribution in [0, 0.1) is 17.7 Å². The van der Waals surface area contributed by atoms with Crippen LogP contribution in [-0.2, 0) is 11.2 Å². The molecule has 0 aliphatic carbocycles. The third-order valence-electron chi connectivity index (χ3n) is 3.49. The van der Waals surface area contributed by atoms with Gasteiger partial charge < -0.3 is 10.2 Å². The molecule has 0 aliphatic rings. The molecule has 0 fully saturated rings. The molecule has 6 heteroatoms. The number of halogens is 4. The Hall–Kier alpha value is -2.36. The topological polar surface area (TPSA) is 40.5 Å². The zero-order valence-electron chi connectivity index (χ0n) is 12.6. The van der Waals surface area contributed by atoms with Gasteiger partial charge in [-0.15, -0.1) is 0 Å². The molecule has 0 unspecified atom stereocenters. The van der Waals surface area contributed by atoms with Crippen LogP contribution in [0.15, 0.2) is 54.6 Å². The van der Waals surface area contributed by atoms with Crippen LogP contribution in [0.1, 0.15) is 18.1 Å². The smallest absolute Gasteiger partial charge is 0.374 e. The maximum atomic E-state index is 13.7. The van der Waals surface area contributed by atoms with Crippen LogP contribution in [0.5, 0.6) is 0 Å².